The summed E-state index contributed by atoms with van der Waals surface area (Å²) in [6, 6.07) is 3.64. The molecule has 0 saturated carbocycles. The quantitative estimate of drug-likeness (QED) is 0.269. The Hall–Kier alpha value is -4.73. The van der Waals surface area contributed by atoms with E-state index in [4.69, 9.17) is 43.6 Å². The first-order chi connectivity index (χ1) is 24.0. The maximum Gasteiger partial charge on any atom is 0.510 e. The molecule has 18 nitrogen and oxygen atoms in total. The van der Waals surface area contributed by atoms with Gasteiger partial charge in [0.25, 0.3) is 11.5 Å². The molecule has 9 atom stereocenters. The summed E-state index contributed by atoms with van der Waals surface area (Å²) in [5, 5.41) is 13.6. The Bertz CT molecular complexity index is 1810. The summed E-state index contributed by atoms with van der Waals surface area (Å²) in [6.45, 7) is 5.87. The number of amides is 2. The van der Waals surface area contributed by atoms with Crippen molar-refractivity contribution in [3.63, 3.8) is 0 Å². The van der Waals surface area contributed by atoms with Crippen molar-refractivity contribution in [2.75, 3.05) is 19.0 Å². The van der Waals surface area contributed by atoms with Crippen LogP contribution in [0.25, 0.3) is 0 Å². The number of aliphatic hydroxyl groups is 1. The highest BCUT2D eigenvalue weighted by Crippen LogP contribution is 2.39. The first-order valence-corrected chi connectivity index (χ1v) is 15.5. The van der Waals surface area contributed by atoms with E-state index in [1.54, 1.807) is 13.8 Å². The monoisotopic (exact) mass is 726 g/mol. The maximum atomic E-state index is 13.8. The first kappa shape index (κ1) is 37.5. The highest BCUT2D eigenvalue weighted by atomic mass is 19.2. The highest BCUT2D eigenvalue weighted by molar-refractivity contribution is 6.02. The number of ether oxygens (including phenoxy) is 8. The molecular weight excluding hydrogens is 690 g/mol. The number of methoxy groups -OCH3 is 1. The van der Waals surface area contributed by atoms with Gasteiger partial charge in [-0.1, -0.05) is 0 Å². The van der Waals surface area contributed by atoms with Crippen LogP contribution in [0.1, 0.15) is 40.2 Å². The van der Waals surface area contributed by atoms with Gasteiger partial charge in [-0.15, -0.1) is 0 Å². The second-order valence-corrected chi connectivity index (χ2v) is 11.9. The van der Waals surface area contributed by atoms with Crippen molar-refractivity contribution in [2.45, 2.75) is 88.9 Å². The number of primary amides is 1. The Kier molecular flexibility index (Phi) is 10.9. The average Bonchev–Trinajstić information content (AvgIpc) is 3.55. The molecule has 1 aromatic carbocycles. The molecular formula is C31H36F2N4O14. The number of aliphatic hydroxyl groups excluding tert-OH is 1. The van der Waals surface area contributed by atoms with Crippen molar-refractivity contribution in [2.24, 2.45) is 5.73 Å². The summed E-state index contributed by atoms with van der Waals surface area (Å²) in [7, 11) is 1.18. The van der Waals surface area contributed by atoms with E-state index in [-0.39, 0.29) is 12.3 Å². The molecule has 3 aliphatic heterocycles. The summed E-state index contributed by atoms with van der Waals surface area (Å²) < 4.78 is 73.3. The zero-order chi connectivity index (χ0) is 37.4. The summed E-state index contributed by atoms with van der Waals surface area (Å²) in [5.41, 5.74) is 3.70. The van der Waals surface area contributed by atoms with Crippen LogP contribution in [0.3, 0.4) is 0 Å². The number of nitrogens with one attached hydrogen (secondary N) is 1. The van der Waals surface area contributed by atoms with Crippen molar-refractivity contribution in [1.29, 1.82) is 0 Å². The molecule has 20 heteroatoms. The molecule has 2 fully saturated rings. The molecule has 278 valence electrons. The largest absolute Gasteiger partial charge is 0.510 e. The molecule has 0 aliphatic carbocycles. The molecule has 1 unspecified atom stereocenters. The van der Waals surface area contributed by atoms with E-state index >= 15 is 0 Å². The smallest absolute Gasteiger partial charge is 0.456 e. The lowest BCUT2D eigenvalue weighted by molar-refractivity contribution is -0.241. The van der Waals surface area contributed by atoms with Crippen LogP contribution >= 0.6 is 0 Å². The average molecular weight is 727 g/mol. The predicted octanol–water partition coefficient (Wildman–Crippen LogP) is 0.523. The summed E-state index contributed by atoms with van der Waals surface area (Å²) in [4.78, 5) is 64.1. The van der Waals surface area contributed by atoms with Gasteiger partial charge in [0, 0.05) is 31.1 Å². The Morgan fingerprint density at radius 2 is 1.86 bits per heavy atom. The molecule has 0 radical (unpaired) electrons. The number of benzene rings is 1. The van der Waals surface area contributed by atoms with Gasteiger partial charge in [0.05, 0.1) is 6.61 Å². The molecule has 2 amide bonds. The van der Waals surface area contributed by atoms with E-state index in [0.717, 1.165) is 35.0 Å². The second-order valence-electron chi connectivity index (χ2n) is 11.9. The number of hydrogen-bond donors (Lipinski definition) is 3. The number of halogens is 2. The lowest BCUT2D eigenvalue weighted by Crippen LogP contribution is -2.53. The summed E-state index contributed by atoms with van der Waals surface area (Å²) in [6.07, 6.45) is -12.0. The fourth-order valence-electron chi connectivity index (χ4n) is 5.79. The number of carbonyl (C=O) groups excluding carboxylic acids is 3. The minimum atomic E-state index is -1.81. The van der Waals surface area contributed by atoms with Crippen LogP contribution in [-0.2, 0) is 47.5 Å². The zero-order valence-corrected chi connectivity index (χ0v) is 27.8. The van der Waals surface area contributed by atoms with Crippen LogP contribution in [0.15, 0.2) is 51.9 Å². The molecule has 2 saturated heterocycles. The molecule has 1 aromatic heterocycles. The Balaban J connectivity index is 1.41. The number of rotatable bonds is 11. The minimum Gasteiger partial charge on any atom is -0.456 e. The number of fused-ring (bicyclic) bond motifs is 1. The van der Waals surface area contributed by atoms with Crippen LogP contribution in [0.2, 0.25) is 0 Å². The third-order valence-corrected chi connectivity index (χ3v) is 7.98. The van der Waals surface area contributed by atoms with Gasteiger partial charge >= 0.3 is 11.8 Å². The number of aromatic nitrogens is 2. The van der Waals surface area contributed by atoms with Crippen LogP contribution in [0.5, 0.6) is 0 Å². The lowest BCUT2D eigenvalue weighted by Gasteiger charge is -2.34. The fraction of sp³-hybridized carbons (Fsp3) is 0.516. The van der Waals surface area contributed by atoms with E-state index < -0.39 is 108 Å². The SMILES string of the molecule is CCOC(=O)OC(C)n1c(=O)ccn([C@@H]2O[C@H]([C@@H](O[C@H]3OC(C(=O)Nc4ccc(F)c(F)c4)=C[C@@H]4OC(C)(C)O[C@H]34)C(N)=O)[C@@H](OC)[C@H]2O)c1=O. The van der Waals surface area contributed by atoms with Crippen molar-refractivity contribution in [1.82, 2.24) is 9.13 Å². The standard InChI is InChI=1S/C31H36F2N4O14/c1-6-45-30(43)46-13(2)37-19(38)9-10-36(29(37)42)27-20(39)22(44-5)23(48-27)24(25(34)40)49-28-21-17(50-31(3,4)51-21)12-18(47-28)26(41)35-14-7-8-15(32)16(33)11-14/h7-13,17,20-24,27-28,39H,6H2,1-5H3,(H2,34,40)(H,35,41)/t13?,17-,20+,21-,22-,23-,24+,27+,28+/m0/s1. The number of carbonyl (C=O) groups is 3. The molecule has 0 spiro atoms. The van der Waals surface area contributed by atoms with E-state index in [1.165, 1.54) is 27.0 Å². The Morgan fingerprint density at radius 3 is 2.51 bits per heavy atom. The van der Waals surface area contributed by atoms with Gasteiger partial charge in [0.2, 0.25) is 12.2 Å². The van der Waals surface area contributed by atoms with Gasteiger partial charge in [-0.3, -0.25) is 19.0 Å². The number of nitrogens with zero attached hydrogens (tertiary/aromatic N) is 2. The van der Waals surface area contributed by atoms with Crippen molar-refractivity contribution in [3.05, 3.63) is 74.8 Å². The fourth-order valence-corrected chi connectivity index (χ4v) is 5.79. The van der Waals surface area contributed by atoms with Gasteiger partial charge in [0.1, 0.15) is 24.4 Å². The summed E-state index contributed by atoms with van der Waals surface area (Å²) in [5.74, 6) is -6.05. The third kappa shape index (κ3) is 7.80. The second kappa shape index (κ2) is 14.9. The van der Waals surface area contributed by atoms with E-state index in [2.05, 4.69) is 5.32 Å². The molecule has 2 aromatic rings. The van der Waals surface area contributed by atoms with Gasteiger partial charge in [-0.25, -0.2) is 22.9 Å². The van der Waals surface area contributed by atoms with E-state index in [1.807, 2.05) is 0 Å². The van der Waals surface area contributed by atoms with Gasteiger partial charge in [0.15, 0.2) is 47.8 Å². The summed E-state index contributed by atoms with van der Waals surface area (Å²) >= 11 is 0. The van der Waals surface area contributed by atoms with Crippen LogP contribution in [0, 0.1) is 11.6 Å². The van der Waals surface area contributed by atoms with Gasteiger partial charge in [-0.2, -0.15) is 0 Å². The molecule has 4 N–H and O–H groups in total. The van der Waals surface area contributed by atoms with Crippen LogP contribution in [-0.4, -0.2) is 94.6 Å². The van der Waals surface area contributed by atoms with Gasteiger partial charge in [-0.05, 0) is 45.9 Å². The molecule has 3 aliphatic rings. The molecule has 4 heterocycles. The first-order valence-electron chi connectivity index (χ1n) is 15.5. The minimum absolute atomic E-state index is 0.0310. The number of nitrogens with two attached hydrogens (primary N) is 1. The number of anilines is 1. The van der Waals surface area contributed by atoms with E-state index in [9.17, 15) is 37.9 Å². The maximum absolute atomic E-state index is 13.8. The van der Waals surface area contributed by atoms with Crippen LogP contribution in [0.4, 0.5) is 19.3 Å². The van der Waals surface area contributed by atoms with Crippen LogP contribution < -0.4 is 22.3 Å². The highest BCUT2D eigenvalue weighted by Gasteiger charge is 2.55. The number of hydrogen-bond acceptors (Lipinski definition) is 14. The van der Waals surface area contributed by atoms with Crippen molar-refractivity contribution in [3.8, 4) is 0 Å². The van der Waals surface area contributed by atoms with Gasteiger partial charge < -0.3 is 54.1 Å². The third-order valence-electron chi connectivity index (χ3n) is 7.98. The molecule has 0 bridgehead atoms. The lowest BCUT2D eigenvalue weighted by atomic mass is 10.0. The zero-order valence-electron chi connectivity index (χ0n) is 27.8. The van der Waals surface area contributed by atoms with Crippen molar-refractivity contribution < 1.29 is 66.2 Å². The topological polar surface area (TPSA) is 227 Å². The molecule has 51 heavy (non-hydrogen) atoms. The van der Waals surface area contributed by atoms with E-state index in [0.29, 0.717) is 4.57 Å². The Labute approximate surface area is 287 Å². The molecule has 5 rings (SSSR count). The normalized spacial score (nSPS) is 27.8. The Morgan fingerprint density at radius 1 is 1.14 bits per heavy atom. The van der Waals surface area contributed by atoms with Crippen molar-refractivity contribution >= 4 is 23.7 Å². The predicted molar refractivity (Wildman–Crippen MR) is 164 cm³/mol.